The second kappa shape index (κ2) is 10.4. The highest BCUT2D eigenvalue weighted by atomic mass is 35.5. The fourth-order valence-corrected chi connectivity index (χ4v) is 3.67. The summed E-state index contributed by atoms with van der Waals surface area (Å²) >= 11 is 0. The molecule has 0 amide bonds. The fourth-order valence-electron chi connectivity index (χ4n) is 3.67. The van der Waals surface area contributed by atoms with Crippen molar-refractivity contribution in [1.29, 1.82) is 0 Å². The van der Waals surface area contributed by atoms with E-state index < -0.39 is 0 Å². The summed E-state index contributed by atoms with van der Waals surface area (Å²) in [6, 6.07) is 13.6. The molecule has 1 aliphatic rings. The van der Waals surface area contributed by atoms with Crippen molar-refractivity contribution in [3.8, 4) is 17.4 Å². The molecule has 2 aromatic heterocycles. The number of oxazole rings is 1. The molecule has 0 aliphatic carbocycles. The van der Waals surface area contributed by atoms with E-state index in [9.17, 15) is 9.50 Å². The summed E-state index contributed by atoms with van der Waals surface area (Å²) in [6.45, 7) is 3.14. The molecule has 3 heterocycles. The van der Waals surface area contributed by atoms with Crippen molar-refractivity contribution in [2.75, 3.05) is 26.2 Å². The number of aromatic hydroxyl groups is 1. The lowest BCUT2D eigenvalue weighted by atomic mass is 10.0. The first-order valence-electron chi connectivity index (χ1n) is 10.5. The Hall–Kier alpha value is -3.82. The quantitative estimate of drug-likeness (QED) is 0.337. The normalized spacial score (nSPS) is 14.5. The first-order chi connectivity index (χ1) is 16.2. The zero-order valence-corrected chi connectivity index (χ0v) is 18.9. The van der Waals surface area contributed by atoms with Gasteiger partial charge in [0.05, 0.1) is 11.9 Å². The van der Waals surface area contributed by atoms with E-state index in [1.807, 2.05) is 6.07 Å². The fraction of sp³-hybridized carbons (Fsp3) is 0.167. The Morgan fingerprint density at radius 1 is 1.06 bits per heavy atom. The minimum atomic E-state index is -0.370. The number of rotatable bonds is 3. The van der Waals surface area contributed by atoms with Gasteiger partial charge in [0.1, 0.15) is 5.82 Å². The largest absolute Gasteiger partial charge is 0.479 e. The molecule has 1 aliphatic heterocycles. The third-order valence-electron chi connectivity index (χ3n) is 5.33. The number of hydrogen-bond acceptors (Lipinski definition) is 6. The molecule has 0 unspecified atom stereocenters. The number of aromatic nitrogens is 2. The Morgan fingerprint density at radius 2 is 1.79 bits per heavy atom. The molecular formula is C24H22ClFN6O2. The number of halogens is 2. The maximum atomic E-state index is 14.2. The van der Waals surface area contributed by atoms with Crippen LogP contribution in [0.5, 0.6) is 5.95 Å². The summed E-state index contributed by atoms with van der Waals surface area (Å²) in [4.78, 5) is 19.6. The predicted molar refractivity (Wildman–Crippen MR) is 132 cm³/mol. The Kier molecular flexibility index (Phi) is 7.15. The van der Waals surface area contributed by atoms with E-state index in [1.54, 1.807) is 48.8 Å². The number of aliphatic imine (C=N–C) groups is 2. The molecule has 0 saturated carbocycles. The molecule has 34 heavy (non-hydrogen) atoms. The van der Waals surface area contributed by atoms with E-state index >= 15 is 0 Å². The van der Waals surface area contributed by atoms with Crippen LogP contribution in [0.4, 0.5) is 10.1 Å². The molecular weight excluding hydrogens is 459 g/mol. The minimum Gasteiger partial charge on any atom is -0.479 e. The lowest BCUT2D eigenvalue weighted by Gasteiger charge is -2.28. The Morgan fingerprint density at radius 3 is 2.56 bits per heavy atom. The van der Waals surface area contributed by atoms with Gasteiger partial charge in [0.2, 0.25) is 11.9 Å². The van der Waals surface area contributed by atoms with Gasteiger partial charge in [-0.2, -0.15) is 0 Å². The third kappa shape index (κ3) is 4.90. The van der Waals surface area contributed by atoms with E-state index in [4.69, 9.17) is 4.42 Å². The van der Waals surface area contributed by atoms with Gasteiger partial charge in [0, 0.05) is 49.5 Å². The number of nitrogens with one attached hydrogen (secondary N) is 1. The van der Waals surface area contributed by atoms with E-state index in [0.29, 0.717) is 22.3 Å². The SMILES string of the molecule is Cl.Oc1oc(-c2ccc(F)c3ccccc23)nc1C=NC(=Nc1ccncc1)N1CCNCC1. The molecule has 0 bridgehead atoms. The zero-order valence-electron chi connectivity index (χ0n) is 18.1. The molecule has 1 saturated heterocycles. The van der Waals surface area contributed by atoms with Gasteiger partial charge in [-0.3, -0.25) is 4.98 Å². The number of hydrogen-bond donors (Lipinski definition) is 2. The lowest BCUT2D eigenvalue weighted by molar-refractivity contribution is 0.337. The molecule has 5 rings (SSSR count). The van der Waals surface area contributed by atoms with Crippen LogP contribution in [0.3, 0.4) is 0 Å². The zero-order chi connectivity index (χ0) is 22.6. The Labute approximate surface area is 201 Å². The topological polar surface area (TPSA) is 99.1 Å². The molecule has 0 spiro atoms. The van der Waals surface area contributed by atoms with Crippen molar-refractivity contribution in [1.82, 2.24) is 20.2 Å². The van der Waals surface area contributed by atoms with Crippen LogP contribution >= 0.6 is 12.4 Å². The summed E-state index contributed by atoms with van der Waals surface area (Å²) in [5.41, 5.74) is 1.46. The second-order valence-corrected chi connectivity index (χ2v) is 7.46. The Bertz CT molecular complexity index is 1340. The number of guanidine groups is 1. The maximum absolute atomic E-state index is 14.2. The minimum absolute atomic E-state index is 0. The highest BCUT2D eigenvalue weighted by molar-refractivity contribution is 5.97. The van der Waals surface area contributed by atoms with Crippen molar-refractivity contribution >= 4 is 41.0 Å². The van der Waals surface area contributed by atoms with E-state index in [2.05, 4.69) is 30.2 Å². The number of benzene rings is 2. The van der Waals surface area contributed by atoms with Gasteiger partial charge in [-0.15, -0.1) is 12.4 Å². The van der Waals surface area contributed by atoms with Crippen molar-refractivity contribution in [2.45, 2.75) is 0 Å². The van der Waals surface area contributed by atoms with Crippen LogP contribution in [0.15, 0.2) is 75.3 Å². The van der Waals surface area contributed by atoms with Crippen molar-refractivity contribution in [3.05, 3.63) is 72.4 Å². The summed E-state index contributed by atoms with van der Waals surface area (Å²) in [6.07, 6.45) is 4.76. The van der Waals surface area contributed by atoms with Gasteiger partial charge in [0.15, 0.2) is 5.69 Å². The van der Waals surface area contributed by atoms with E-state index in [1.165, 1.54) is 12.3 Å². The van der Waals surface area contributed by atoms with Crippen LogP contribution in [0.2, 0.25) is 0 Å². The van der Waals surface area contributed by atoms with Gasteiger partial charge in [-0.1, -0.05) is 24.3 Å². The highest BCUT2D eigenvalue weighted by Crippen LogP contribution is 2.32. The molecule has 0 atom stereocenters. The first kappa shape index (κ1) is 23.3. The standard InChI is InChI=1S/C24H21FN6O2.ClH/c25-20-6-5-19(17-3-1-2-4-18(17)20)22-30-21(23(32)33-22)15-28-24(31-13-11-27-12-14-31)29-16-7-9-26-10-8-16;/h1-10,15,27,32H,11-14H2;1H. The maximum Gasteiger partial charge on any atom is 0.312 e. The molecule has 10 heteroatoms. The Balaban J connectivity index is 0.00000274. The van der Waals surface area contributed by atoms with Crippen molar-refractivity contribution < 1.29 is 13.9 Å². The van der Waals surface area contributed by atoms with Gasteiger partial charge in [-0.05, 0) is 29.7 Å². The van der Waals surface area contributed by atoms with Crippen molar-refractivity contribution in [3.63, 3.8) is 0 Å². The lowest BCUT2D eigenvalue weighted by Crippen LogP contribution is -2.46. The van der Waals surface area contributed by atoms with E-state index in [0.717, 1.165) is 31.9 Å². The molecule has 2 N–H and O–H groups in total. The number of pyridine rings is 1. The summed E-state index contributed by atoms with van der Waals surface area (Å²) in [5, 5.41) is 14.8. The molecule has 4 aromatic rings. The summed E-state index contributed by atoms with van der Waals surface area (Å²) in [7, 11) is 0. The van der Waals surface area contributed by atoms with Crippen LogP contribution < -0.4 is 5.32 Å². The number of fused-ring (bicyclic) bond motifs is 1. The second-order valence-electron chi connectivity index (χ2n) is 7.46. The van der Waals surface area contributed by atoms with Crippen LogP contribution in [-0.4, -0.2) is 58.3 Å². The van der Waals surface area contributed by atoms with E-state index in [-0.39, 0.29) is 35.8 Å². The molecule has 174 valence electrons. The van der Waals surface area contributed by atoms with Gasteiger partial charge in [-0.25, -0.2) is 19.4 Å². The van der Waals surface area contributed by atoms with Crippen LogP contribution in [0, 0.1) is 5.82 Å². The third-order valence-corrected chi connectivity index (χ3v) is 5.33. The van der Waals surface area contributed by atoms with Crippen LogP contribution in [-0.2, 0) is 0 Å². The number of nitrogens with zero attached hydrogens (tertiary/aromatic N) is 5. The smallest absolute Gasteiger partial charge is 0.312 e. The summed E-state index contributed by atoms with van der Waals surface area (Å²) in [5.74, 6) is -0.0237. The molecule has 1 fully saturated rings. The first-order valence-corrected chi connectivity index (χ1v) is 10.5. The van der Waals surface area contributed by atoms with Crippen LogP contribution in [0.25, 0.3) is 22.2 Å². The summed E-state index contributed by atoms with van der Waals surface area (Å²) < 4.78 is 19.7. The average molecular weight is 481 g/mol. The van der Waals surface area contributed by atoms with Gasteiger partial charge >= 0.3 is 5.95 Å². The monoisotopic (exact) mass is 480 g/mol. The van der Waals surface area contributed by atoms with Gasteiger partial charge < -0.3 is 19.7 Å². The van der Waals surface area contributed by atoms with Crippen LogP contribution in [0.1, 0.15) is 5.69 Å². The molecule has 0 radical (unpaired) electrons. The highest BCUT2D eigenvalue weighted by Gasteiger charge is 2.18. The number of piperazine rings is 1. The molecule has 2 aromatic carbocycles. The van der Waals surface area contributed by atoms with Crippen molar-refractivity contribution in [2.24, 2.45) is 9.98 Å². The predicted octanol–water partition coefficient (Wildman–Crippen LogP) is 4.17. The average Bonchev–Trinajstić information content (AvgIpc) is 3.23. The van der Waals surface area contributed by atoms with Gasteiger partial charge in [0.25, 0.3) is 0 Å². The molecule has 8 nitrogen and oxygen atoms in total.